The van der Waals surface area contributed by atoms with Crippen LogP contribution in [0.3, 0.4) is 0 Å². The van der Waals surface area contributed by atoms with E-state index in [0.717, 1.165) is 36.8 Å². The molecule has 1 atom stereocenters. The van der Waals surface area contributed by atoms with Gasteiger partial charge in [0, 0.05) is 22.6 Å². The average molecular weight is 477 g/mol. The fourth-order valence-corrected chi connectivity index (χ4v) is 4.32. The molecule has 1 saturated carbocycles. The molecule has 0 saturated heterocycles. The van der Waals surface area contributed by atoms with E-state index in [9.17, 15) is 9.59 Å². The van der Waals surface area contributed by atoms with Crippen LogP contribution in [-0.2, 0) is 16.1 Å². The molecule has 0 spiro atoms. The zero-order chi connectivity index (χ0) is 23.1. The summed E-state index contributed by atoms with van der Waals surface area (Å²) in [6, 6.07) is 12.1. The minimum atomic E-state index is -0.669. The summed E-state index contributed by atoms with van der Waals surface area (Å²) in [6.07, 6.45) is 5.40. The Labute approximate surface area is 200 Å². The molecule has 2 aromatic rings. The molecule has 0 aromatic heterocycles. The Hall–Kier alpha value is -2.24. The van der Waals surface area contributed by atoms with E-state index < -0.39 is 6.04 Å². The fraction of sp³-hybridized carbons (Fsp3) is 0.440. The number of carbonyl (C=O) groups excluding carboxylic acids is 2. The SMILES string of the molecule is Cc1ccc(OCC(=O)N(Cc2ccc(Cl)cc2Cl)C(C)C(=O)NC2CCCCC2)cc1. The molecule has 1 aliphatic carbocycles. The van der Waals surface area contributed by atoms with E-state index >= 15 is 0 Å². The highest BCUT2D eigenvalue weighted by Crippen LogP contribution is 2.24. The molecule has 32 heavy (non-hydrogen) atoms. The lowest BCUT2D eigenvalue weighted by Gasteiger charge is -2.31. The molecular formula is C25H30Cl2N2O3. The molecule has 0 bridgehead atoms. The van der Waals surface area contributed by atoms with Crippen molar-refractivity contribution < 1.29 is 14.3 Å². The molecule has 0 aliphatic heterocycles. The minimum Gasteiger partial charge on any atom is -0.484 e. The van der Waals surface area contributed by atoms with Crippen LogP contribution in [0.1, 0.15) is 50.2 Å². The number of rotatable bonds is 8. The Kier molecular flexibility index (Phi) is 8.83. The first kappa shape index (κ1) is 24.4. The van der Waals surface area contributed by atoms with Gasteiger partial charge >= 0.3 is 0 Å². The first-order valence-electron chi connectivity index (χ1n) is 11.1. The Bertz CT molecular complexity index is 927. The summed E-state index contributed by atoms with van der Waals surface area (Å²) in [6.45, 7) is 3.74. The highest BCUT2D eigenvalue weighted by Gasteiger charge is 2.29. The van der Waals surface area contributed by atoms with E-state index in [1.54, 1.807) is 25.1 Å². The van der Waals surface area contributed by atoms with E-state index in [1.807, 2.05) is 31.2 Å². The number of benzene rings is 2. The van der Waals surface area contributed by atoms with Gasteiger partial charge in [0.05, 0.1) is 0 Å². The van der Waals surface area contributed by atoms with Crippen molar-refractivity contribution in [2.75, 3.05) is 6.61 Å². The largest absolute Gasteiger partial charge is 0.484 e. The van der Waals surface area contributed by atoms with Gasteiger partial charge in [-0.2, -0.15) is 0 Å². The lowest BCUT2D eigenvalue weighted by atomic mass is 9.95. The van der Waals surface area contributed by atoms with Gasteiger partial charge < -0.3 is 15.0 Å². The summed E-state index contributed by atoms with van der Waals surface area (Å²) in [5, 5.41) is 4.09. The smallest absolute Gasteiger partial charge is 0.261 e. The molecule has 1 N–H and O–H groups in total. The lowest BCUT2D eigenvalue weighted by Crippen LogP contribution is -2.51. The number of ether oxygens (including phenoxy) is 1. The molecule has 7 heteroatoms. The van der Waals surface area contributed by atoms with Crippen LogP contribution in [0, 0.1) is 6.92 Å². The van der Waals surface area contributed by atoms with Crippen LogP contribution >= 0.6 is 23.2 Å². The predicted molar refractivity (Wildman–Crippen MR) is 128 cm³/mol. The number of hydrogen-bond donors (Lipinski definition) is 1. The zero-order valence-corrected chi connectivity index (χ0v) is 20.1. The number of halogens is 2. The van der Waals surface area contributed by atoms with Crippen molar-refractivity contribution >= 4 is 35.0 Å². The Morgan fingerprint density at radius 3 is 2.44 bits per heavy atom. The summed E-state index contributed by atoms with van der Waals surface area (Å²) >= 11 is 12.4. The van der Waals surface area contributed by atoms with Crippen molar-refractivity contribution in [2.45, 2.75) is 64.6 Å². The van der Waals surface area contributed by atoms with Crippen LogP contribution in [0.15, 0.2) is 42.5 Å². The Morgan fingerprint density at radius 2 is 1.78 bits per heavy atom. The molecule has 2 amide bonds. The van der Waals surface area contributed by atoms with Gasteiger partial charge in [-0.1, -0.05) is 66.2 Å². The van der Waals surface area contributed by atoms with Gasteiger partial charge in [-0.25, -0.2) is 0 Å². The summed E-state index contributed by atoms with van der Waals surface area (Å²) in [4.78, 5) is 27.7. The third-order valence-electron chi connectivity index (χ3n) is 5.86. The van der Waals surface area contributed by atoms with Crippen LogP contribution in [-0.4, -0.2) is 35.4 Å². The van der Waals surface area contributed by atoms with E-state index in [1.165, 1.54) is 11.3 Å². The molecule has 3 rings (SSSR count). The van der Waals surface area contributed by atoms with Crippen molar-refractivity contribution in [3.8, 4) is 5.75 Å². The Morgan fingerprint density at radius 1 is 1.09 bits per heavy atom. The second-order valence-electron chi connectivity index (χ2n) is 8.38. The van der Waals surface area contributed by atoms with Crippen LogP contribution in [0.2, 0.25) is 10.0 Å². The summed E-state index contributed by atoms with van der Waals surface area (Å²) in [5.74, 6) is 0.154. The molecule has 1 aliphatic rings. The summed E-state index contributed by atoms with van der Waals surface area (Å²) in [5.41, 5.74) is 1.83. The predicted octanol–water partition coefficient (Wildman–Crippen LogP) is 5.55. The summed E-state index contributed by atoms with van der Waals surface area (Å²) < 4.78 is 5.69. The number of nitrogens with one attached hydrogen (secondary N) is 1. The number of carbonyl (C=O) groups is 2. The van der Waals surface area contributed by atoms with Crippen molar-refractivity contribution in [3.05, 3.63) is 63.6 Å². The molecule has 1 fully saturated rings. The Balaban J connectivity index is 1.73. The van der Waals surface area contributed by atoms with Crippen molar-refractivity contribution in [3.63, 3.8) is 0 Å². The number of hydrogen-bond acceptors (Lipinski definition) is 3. The zero-order valence-electron chi connectivity index (χ0n) is 18.6. The van der Waals surface area contributed by atoms with Crippen LogP contribution in [0.4, 0.5) is 0 Å². The summed E-state index contributed by atoms with van der Waals surface area (Å²) in [7, 11) is 0. The van der Waals surface area contributed by atoms with E-state index in [4.69, 9.17) is 27.9 Å². The third-order valence-corrected chi connectivity index (χ3v) is 6.44. The van der Waals surface area contributed by atoms with Gasteiger partial charge in [0.2, 0.25) is 5.91 Å². The third kappa shape index (κ3) is 6.88. The van der Waals surface area contributed by atoms with E-state index in [0.29, 0.717) is 15.8 Å². The van der Waals surface area contributed by atoms with E-state index in [2.05, 4.69) is 5.32 Å². The van der Waals surface area contributed by atoms with Crippen LogP contribution < -0.4 is 10.1 Å². The maximum absolute atomic E-state index is 13.2. The van der Waals surface area contributed by atoms with Crippen LogP contribution in [0.5, 0.6) is 5.75 Å². The van der Waals surface area contributed by atoms with Gasteiger partial charge in [0.1, 0.15) is 11.8 Å². The number of aryl methyl sites for hydroxylation is 1. The number of amides is 2. The highest BCUT2D eigenvalue weighted by atomic mass is 35.5. The fourth-order valence-electron chi connectivity index (χ4n) is 3.85. The average Bonchev–Trinajstić information content (AvgIpc) is 2.78. The monoisotopic (exact) mass is 476 g/mol. The maximum atomic E-state index is 13.2. The molecule has 2 aromatic carbocycles. The lowest BCUT2D eigenvalue weighted by molar-refractivity contribution is -0.142. The molecule has 1 unspecified atom stereocenters. The molecule has 5 nitrogen and oxygen atoms in total. The van der Waals surface area contributed by atoms with E-state index in [-0.39, 0.29) is 31.0 Å². The van der Waals surface area contributed by atoms with Gasteiger partial charge in [0.15, 0.2) is 6.61 Å². The van der Waals surface area contributed by atoms with Gasteiger partial charge in [-0.3, -0.25) is 9.59 Å². The number of nitrogens with zero attached hydrogens (tertiary/aromatic N) is 1. The highest BCUT2D eigenvalue weighted by molar-refractivity contribution is 6.35. The minimum absolute atomic E-state index is 0.161. The topological polar surface area (TPSA) is 58.6 Å². The quantitative estimate of drug-likeness (QED) is 0.543. The normalized spacial score (nSPS) is 15.1. The maximum Gasteiger partial charge on any atom is 0.261 e. The first-order chi connectivity index (χ1) is 15.3. The van der Waals surface area contributed by atoms with Crippen LogP contribution in [0.25, 0.3) is 0 Å². The second-order valence-corrected chi connectivity index (χ2v) is 9.22. The second kappa shape index (κ2) is 11.6. The van der Waals surface area contributed by atoms with Gasteiger partial charge in [0.25, 0.3) is 5.91 Å². The van der Waals surface area contributed by atoms with Gasteiger partial charge in [-0.05, 0) is 56.5 Å². The molecule has 0 radical (unpaired) electrons. The molecule has 172 valence electrons. The van der Waals surface area contributed by atoms with Gasteiger partial charge in [-0.15, -0.1) is 0 Å². The molecule has 0 heterocycles. The van der Waals surface area contributed by atoms with Crippen molar-refractivity contribution in [1.82, 2.24) is 10.2 Å². The standard InChI is InChI=1S/C25H30Cl2N2O3/c1-17-8-12-22(13-9-17)32-16-24(30)29(15-19-10-11-20(26)14-23(19)27)18(2)25(31)28-21-6-4-3-5-7-21/h8-14,18,21H,3-7,15-16H2,1-2H3,(H,28,31). The van der Waals surface area contributed by atoms with Crippen molar-refractivity contribution in [1.29, 1.82) is 0 Å². The first-order valence-corrected chi connectivity index (χ1v) is 11.8. The van der Waals surface area contributed by atoms with Crippen molar-refractivity contribution in [2.24, 2.45) is 0 Å². The molecular weight excluding hydrogens is 447 g/mol.